The van der Waals surface area contributed by atoms with Crippen LogP contribution in [0.4, 0.5) is 8.78 Å². The van der Waals surface area contributed by atoms with E-state index < -0.39 is 35.7 Å². The largest absolute Gasteiger partial charge is 0.390 e. The Balaban J connectivity index is 1.83. The van der Waals surface area contributed by atoms with E-state index in [9.17, 15) is 23.8 Å². The molecular weight excluding hydrogens is 504 g/mol. The molecule has 3 rings (SSSR count). The van der Waals surface area contributed by atoms with E-state index in [1.165, 1.54) is 31.7 Å². The van der Waals surface area contributed by atoms with Gasteiger partial charge < -0.3 is 25.6 Å². The summed E-state index contributed by atoms with van der Waals surface area (Å²) in [5, 5.41) is 30.5. The summed E-state index contributed by atoms with van der Waals surface area (Å²) in [5.41, 5.74) is 2.15. The van der Waals surface area contributed by atoms with Crippen LogP contribution in [0.2, 0.25) is 0 Å². The second kappa shape index (κ2) is 13.3. The number of nitrogens with one attached hydrogen (secondary N) is 3. The zero-order valence-corrected chi connectivity index (χ0v) is 23.6. The summed E-state index contributed by atoms with van der Waals surface area (Å²) in [7, 11) is 1.44. The molecule has 0 bridgehead atoms. The molecule has 9 heteroatoms. The molecule has 0 spiro atoms. The van der Waals surface area contributed by atoms with Gasteiger partial charge >= 0.3 is 0 Å². The van der Waals surface area contributed by atoms with Crippen molar-refractivity contribution in [3.05, 3.63) is 70.8 Å². The maximum absolute atomic E-state index is 13.8. The average Bonchev–Trinajstić information content (AvgIpc) is 2.86. The maximum atomic E-state index is 13.8. The molecule has 1 saturated carbocycles. The van der Waals surface area contributed by atoms with Crippen molar-refractivity contribution in [2.45, 2.75) is 95.4 Å². The first kappa shape index (κ1) is 31.1. The molecule has 0 heterocycles. The predicted octanol–water partition coefficient (Wildman–Crippen LogP) is 3.61. The van der Waals surface area contributed by atoms with Gasteiger partial charge in [-0.15, -0.1) is 0 Å². The van der Waals surface area contributed by atoms with E-state index in [2.05, 4.69) is 54.9 Å². The van der Waals surface area contributed by atoms with E-state index in [-0.39, 0.29) is 30.3 Å². The average molecular weight is 548 g/mol. The summed E-state index contributed by atoms with van der Waals surface area (Å²) in [6, 6.07) is 11.0. The van der Waals surface area contributed by atoms with Crippen molar-refractivity contribution in [3.8, 4) is 0 Å². The quantitative estimate of drug-likeness (QED) is 0.276. The Bertz CT molecular complexity index is 1080. The number of aliphatic hydroxyl groups is 2. The monoisotopic (exact) mass is 547 g/mol. The van der Waals surface area contributed by atoms with E-state index in [4.69, 9.17) is 4.74 Å². The van der Waals surface area contributed by atoms with Gasteiger partial charge in [0.25, 0.3) is 0 Å². The number of hydrogen-bond acceptors (Lipinski definition) is 6. The van der Waals surface area contributed by atoms with Crippen LogP contribution in [0.1, 0.15) is 70.1 Å². The Kier molecular flexibility index (Phi) is 10.6. The molecule has 216 valence electrons. The second-order valence-electron chi connectivity index (χ2n) is 11.7. The van der Waals surface area contributed by atoms with Gasteiger partial charge in [-0.1, -0.05) is 45.0 Å². The molecule has 1 fully saturated rings. The van der Waals surface area contributed by atoms with Crippen LogP contribution in [-0.2, 0) is 26.9 Å². The molecule has 2 aromatic rings. The molecule has 3 unspecified atom stereocenters. The molecule has 3 atom stereocenters. The zero-order valence-electron chi connectivity index (χ0n) is 23.6. The highest BCUT2D eigenvalue weighted by atomic mass is 19.1. The van der Waals surface area contributed by atoms with Crippen molar-refractivity contribution in [1.82, 2.24) is 16.0 Å². The first-order valence-corrected chi connectivity index (χ1v) is 13.5. The predicted molar refractivity (Wildman–Crippen MR) is 147 cm³/mol. The van der Waals surface area contributed by atoms with Gasteiger partial charge in [-0.05, 0) is 66.3 Å². The van der Waals surface area contributed by atoms with Crippen LogP contribution in [-0.4, -0.2) is 54.4 Å². The SMILES string of the molecule is COC(O)NC1CCC(NCC(O)C(Cc2cc(F)cc(F)c2)NC(C)=O)(c2cccc(C(C)(C)C)c2)CC1. The van der Waals surface area contributed by atoms with Crippen LogP contribution in [0.15, 0.2) is 42.5 Å². The minimum Gasteiger partial charge on any atom is -0.390 e. The lowest BCUT2D eigenvalue weighted by molar-refractivity contribution is -0.120. The Morgan fingerprint density at radius 2 is 1.74 bits per heavy atom. The first-order chi connectivity index (χ1) is 18.3. The summed E-state index contributed by atoms with van der Waals surface area (Å²) in [6.45, 7) is 7.99. The van der Waals surface area contributed by atoms with Gasteiger partial charge in [0.15, 0.2) is 0 Å². The Morgan fingerprint density at radius 1 is 1.10 bits per heavy atom. The van der Waals surface area contributed by atoms with Crippen LogP contribution < -0.4 is 16.0 Å². The molecule has 39 heavy (non-hydrogen) atoms. The fourth-order valence-electron chi connectivity index (χ4n) is 5.37. The van der Waals surface area contributed by atoms with Gasteiger partial charge in [0.2, 0.25) is 12.3 Å². The molecular formula is C30H43F2N3O4. The lowest BCUT2D eigenvalue weighted by atomic mass is 9.73. The molecule has 0 saturated heterocycles. The summed E-state index contributed by atoms with van der Waals surface area (Å²) in [4.78, 5) is 11.9. The van der Waals surface area contributed by atoms with Gasteiger partial charge in [0.05, 0.1) is 12.1 Å². The van der Waals surface area contributed by atoms with Crippen LogP contribution in [0, 0.1) is 11.6 Å². The summed E-state index contributed by atoms with van der Waals surface area (Å²) in [6.07, 6.45) is 1.02. The molecule has 0 aliphatic heterocycles. The van der Waals surface area contributed by atoms with Gasteiger partial charge in [0, 0.05) is 38.2 Å². The number of ether oxygens (including phenoxy) is 1. The third kappa shape index (κ3) is 8.78. The molecule has 1 amide bonds. The second-order valence-corrected chi connectivity index (χ2v) is 11.7. The van der Waals surface area contributed by atoms with E-state index in [1.54, 1.807) is 0 Å². The van der Waals surface area contributed by atoms with Crippen molar-refractivity contribution in [3.63, 3.8) is 0 Å². The first-order valence-electron chi connectivity index (χ1n) is 13.5. The number of amides is 1. The smallest absolute Gasteiger partial charge is 0.217 e. The summed E-state index contributed by atoms with van der Waals surface area (Å²) < 4.78 is 32.5. The number of benzene rings is 2. The van der Waals surface area contributed by atoms with Crippen LogP contribution in [0.5, 0.6) is 0 Å². The molecule has 5 N–H and O–H groups in total. The van der Waals surface area contributed by atoms with Crippen molar-refractivity contribution in [1.29, 1.82) is 0 Å². The highest BCUT2D eigenvalue weighted by molar-refractivity contribution is 5.73. The van der Waals surface area contributed by atoms with Crippen molar-refractivity contribution >= 4 is 5.91 Å². The van der Waals surface area contributed by atoms with Gasteiger partial charge in [-0.25, -0.2) is 8.78 Å². The third-order valence-electron chi connectivity index (χ3n) is 7.60. The third-order valence-corrected chi connectivity index (χ3v) is 7.60. The minimum absolute atomic E-state index is 0.0468. The highest BCUT2D eigenvalue weighted by Crippen LogP contribution is 2.39. The topological polar surface area (TPSA) is 103 Å². The summed E-state index contributed by atoms with van der Waals surface area (Å²) in [5.74, 6) is -1.76. The number of hydrogen-bond donors (Lipinski definition) is 5. The fraction of sp³-hybridized carbons (Fsp3) is 0.567. The maximum Gasteiger partial charge on any atom is 0.217 e. The minimum atomic E-state index is -1.03. The van der Waals surface area contributed by atoms with E-state index >= 15 is 0 Å². The van der Waals surface area contributed by atoms with Gasteiger partial charge in [-0.3, -0.25) is 10.1 Å². The molecule has 0 radical (unpaired) electrons. The lowest BCUT2D eigenvalue weighted by Crippen LogP contribution is -2.55. The Morgan fingerprint density at radius 3 is 2.31 bits per heavy atom. The molecule has 1 aliphatic rings. The van der Waals surface area contributed by atoms with E-state index in [1.807, 2.05) is 6.07 Å². The highest BCUT2D eigenvalue weighted by Gasteiger charge is 2.38. The van der Waals surface area contributed by atoms with Crippen LogP contribution in [0.3, 0.4) is 0 Å². The Labute approximate surface area is 230 Å². The number of aliphatic hydroxyl groups excluding tert-OH is 2. The zero-order chi connectivity index (χ0) is 28.8. The standard InChI is InChI=1S/C30H43F2N3O4/c1-19(36)34-26(15-20-13-23(31)17-24(32)14-20)27(37)18-33-30(11-9-25(10-12-30)35-28(38)39-5)22-8-6-7-21(16-22)29(2,3)4/h6-8,13-14,16-17,25-28,33,35,37-38H,9-12,15,18H2,1-5H3,(H,34,36). The molecule has 7 nitrogen and oxygen atoms in total. The van der Waals surface area contributed by atoms with Gasteiger partial charge in [0.1, 0.15) is 11.6 Å². The van der Waals surface area contributed by atoms with Crippen LogP contribution >= 0.6 is 0 Å². The van der Waals surface area contributed by atoms with E-state index in [0.717, 1.165) is 37.3 Å². The number of carbonyl (C=O) groups excluding carboxylic acids is 1. The van der Waals surface area contributed by atoms with Gasteiger partial charge in [-0.2, -0.15) is 0 Å². The van der Waals surface area contributed by atoms with Crippen molar-refractivity contribution in [2.75, 3.05) is 13.7 Å². The number of rotatable bonds is 11. The van der Waals surface area contributed by atoms with Crippen LogP contribution in [0.25, 0.3) is 0 Å². The lowest BCUT2D eigenvalue weighted by Gasteiger charge is -2.43. The molecule has 2 aromatic carbocycles. The fourth-order valence-corrected chi connectivity index (χ4v) is 5.37. The summed E-state index contributed by atoms with van der Waals surface area (Å²) >= 11 is 0. The molecule has 1 aliphatic carbocycles. The Hall–Kier alpha value is -2.43. The number of carbonyl (C=O) groups is 1. The van der Waals surface area contributed by atoms with Crippen molar-refractivity contribution in [2.24, 2.45) is 0 Å². The number of halogens is 2. The van der Waals surface area contributed by atoms with E-state index in [0.29, 0.717) is 5.56 Å². The number of methoxy groups -OCH3 is 1. The molecule has 0 aromatic heterocycles. The van der Waals surface area contributed by atoms with Crippen molar-refractivity contribution < 1.29 is 28.5 Å². The normalized spacial score (nSPS) is 22.2.